The third-order valence-electron chi connectivity index (χ3n) is 4.57. The summed E-state index contributed by atoms with van der Waals surface area (Å²) in [6.45, 7) is 3.38. The van der Waals surface area contributed by atoms with E-state index in [0.29, 0.717) is 17.1 Å². The van der Waals surface area contributed by atoms with Gasteiger partial charge in [-0.1, -0.05) is 42.0 Å². The van der Waals surface area contributed by atoms with Gasteiger partial charge < -0.3 is 10.1 Å². The molecule has 3 aromatic rings. The third kappa shape index (κ3) is 4.80. The Hall–Kier alpha value is -3.32. The van der Waals surface area contributed by atoms with E-state index < -0.39 is 15.9 Å². The molecule has 0 unspecified atom stereocenters. The van der Waals surface area contributed by atoms with Gasteiger partial charge in [0.05, 0.1) is 23.4 Å². The highest BCUT2D eigenvalue weighted by atomic mass is 32.2. The minimum absolute atomic E-state index is 0.125. The Morgan fingerprint density at radius 2 is 1.63 bits per heavy atom. The molecule has 0 spiro atoms. The van der Waals surface area contributed by atoms with Crippen molar-refractivity contribution in [3.8, 4) is 5.75 Å². The van der Waals surface area contributed by atoms with Crippen molar-refractivity contribution in [2.75, 3.05) is 23.3 Å². The van der Waals surface area contributed by atoms with Crippen LogP contribution in [0.25, 0.3) is 0 Å². The lowest BCUT2D eigenvalue weighted by Crippen LogP contribution is -2.38. The van der Waals surface area contributed by atoms with Crippen molar-refractivity contribution in [2.45, 2.75) is 18.7 Å². The molecule has 0 saturated carbocycles. The summed E-state index contributed by atoms with van der Waals surface area (Å²) in [5.41, 5.74) is 2.74. The Bertz CT molecular complexity index is 1140. The first kappa shape index (κ1) is 21.4. The van der Waals surface area contributed by atoms with Crippen LogP contribution in [-0.4, -0.2) is 28.0 Å². The highest BCUT2D eigenvalue weighted by Gasteiger charge is 2.27. The van der Waals surface area contributed by atoms with Crippen molar-refractivity contribution >= 4 is 27.3 Å². The normalized spacial score (nSPS) is 11.0. The smallest absolute Gasteiger partial charge is 0.264 e. The van der Waals surface area contributed by atoms with Crippen LogP contribution in [0.15, 0.2) is 77.7 Å². The number of nitrogens with one attached hydrogen (secondary N) is 1. The first-order valence-corrected chi connectivity index (χ1v) is 10.8. The van der Waals surface area contributed by atoms with Crippen LogP contribution in [0, 0.1) is 13.8 Å². The molecule has 6 nitrogen and oxygen atoms in total. The Kier molecular flexibility index (Phi) is 6.42. The van der Waals surface area contributed by atoms with E-state index in [4.69, 9.17) is 4.74 Å². The van der Waals surface area contributed by atoms with Crippen molar-refractivity contribution in [1.29, 1.82) is 0 Å². The van der Waals surface area contributed by atoms with Crippen LogP contribution in [0.2, 0.25) is 0 Å². The molecule has 0 saturated heterocycles. The maximum atomic E-state index is 13.4. The third-order valence-corrected chi connectivity index (χ3v) is 6.35. The Morgan fingerprint density at radius 1 is 0.933 bits per heavy atom. The fraction of sp³-hybridized carbons (Fsp3) is 0.174. The number of hydrogen-bond acceptors (Lipinski definition) is 4. The molecule has 0 atom stereocenters. The summed E-state index contributed by atoms with van der Waals surface area (Å²) < 4.78 is 33.1. The van der Waals surface area contributed by atoms with Gasteiger partial charge in [-0.3, -0.25) is 9.10 Å². The lowest BCUT2D eigenvalue weighted by molar-refractivity contribution is -0.114. The number of amides is 1. The highest BCUT2D eigenvalue weighted by Crippen LogP contribution is 2.26. The minimum atomic E-state index is -3.95. The molecule has 30 heavy (non-hydrogen) atoms. The first-order valence-electron chi connectivity index (χ1n) is 9.40. The summed E-state index contributed by atoms with van der Waals surface area (Å²) >= 11 is 0. The molecule has 0 radical (unpaired) electrons. The van der Waals surface area contributed by atoms with Gasteiger partial charge in [0.2, 0.25) is 5.91 Å². The molecule has 3 rings (SSSR count). The molecule has 3 aromatic carbocycles. The monoisotopic (exact) mass is 424 g/mol. The lowest BCUT2D eigenvalue weighted by Gasteiger charge is -2.24. The molecule has 0 bridgehead atoms. The van der Waals surface area contributed by atoms with E-state index in [1.807, 2.05) is 19.9 Å². The van der Waals surface area contributed by atoms with Crippen LogP contribution < -0.4 is 14.4 Å². The van der Waals surface area contributed by atoms with Gasteiger partial charge in [-0.25, -0.2) is 8.42 Å². The van der Waals surface area contributed by atoms with E-state index in [2.05, 4.69) is 5.32 Å². The number of ether oxygens (including phenoxy) is 1. The summed E-state index contributed by atoms with van der Waals surface area (Å²) in [6.07, 6.45) is 0. The van der Waals surface area contributed by atoms with Crippen molar-refractivity contribution in [3.63, 3.8) is 0 Å². The summed E-state index contributed by atoms with van der Waals surface area (Å²) in [5.74, 6) is 0.0195. The molecule has 0 aliphatic carbocycles. The quantitative estimate of drug-likeness (QED) is 0.618. The number of methoxy groups -OCH3 is 1. The van der Waals surface area contributed by atoms with E-state index in [-0.39, 0.29) is 11.4 Å². The maximum absolute atomic E-state index is 13.4. The number of rotatable bonds is 7. The molecule has 7 heteroatoms. The molecule has 0 aliphatic rings. The molecule has 0 aliphatic heterocycles. The van der Waals surface area contributed by atoms with Crippen LogP contribution in [0.4, 0.5) is 11.4 Å². The van der Waals surface area contributed by atoms with E-state index in [1.54, 1.807) is 66.7 Å². The van der Waals surface area contributed by atoms with Crippen molar-refractivity contribution < 1.29 is 17.9 Å². The molecule has 156 valence electrons. The van der Waals surface area contributed by atoms with Gasteiger partial charge in [-0.15, -0.1) is 0 Å². The number of aryl methyl sites for hydroxylation is 2. The summed E-state index contributed by atoms with van der Waals surface area (Å²) in [7, 11) is -2.44. The number of para-hydroxylation sites is 2. The van der Waals surface area contributed by atoms with Crippen LogP contribution >= 0.6 is 0 Å². The van der Waals surface area contributed by atoms with Gasteiger partial charge in [0.25, 0.3) is 10.0 Å². The van der Waals surface area contributed by atoms with Crippen LogP contribution in [-0.2, 0) is 14.8 Å². The molecule has 0 aromatic heterocycles. The fourth-order valence-corrected chi connectivity index (χ4v) is 4.42. The molecule has 1 amide bonds. The van der Waals surface area contributed by atoms with Crippen LogP contribution in [0.1, 0.15) is 11.1 Å². The van der Waals surface area contributed by atoms with Crippen molar-refractivity contribution in [2.24, 2.45) is 0 Å². The number of carbonyl (C=O) groups excluding carboxylic acids is 1. The molecule has 0 fully saturated rings. The minimum Gasteiger partial charge on any atom is -0.495 e. The molecular formula is C23H24N2O4S. The SMILES string of the molecule is COc1ccccc1NC(=O)CN(c1cccc(C)c1)S(=O)(=O)c1ccc(C)cc1. The van der Waals surface area contributed by atoms with Gasteiger partial charge >= 0.3 is 0 Å². The van der Waals surface area contributed by atoms with Gasteiger partial charge in [0.15, 0.2) is 0 Å². The zero-order valence-corrected chi connectivity index (χ0v) is 17.9. The topological polar surface area (TPSA) is 75.7 Å². The van der Waals surface area contributed by atoms with E-state index >= 15 is 0 Å². The van der Waals surface area contributed by atoms with Gasteiger partial charge in [-0.2, -0.15) is 0 Å². The zero-order valence-electron chi connectivity index (χ0n) is 17.1. The second-order valence-corrected chi connectivity index (χ2v) is 8.77. The molecule has 1 N–H and O–H groups in total. The predicted molar refractivity (Wildman–Crippen MR) is 119 cm³/mol. The predicted octanol–water partition coefficient (Wildman–Crippen LogP) is 4.15. The maximum Gasteiger partial charge on any atom is 0.264 e. The average molecular weight is 425 g/mol. The zero-order chi connectivity index (χ0) is 21.7. The first-order chi connectivity index (χ1) is 14.3. The molecular weight excluding hydrogens is 400 g/mol. The van der Waals surface area contributed by atoms with Gasteiger partial charge in [0.1, 0.15) is 12.3 Å². The van der Waals surface area contributed by atoms with Gasteiger partial charge in [-0.05, 0) is 55.8 Å². The summed E-state index contributed by atoms with van der Waals surface area (Å²) in [6, 6.07) is 20.6. The fourth-order valence-electron chi connectivity index (χ4n) is 3.00. The van der Waals surface area contributed by atoms with Crippen LogP contribution in [0.3, 0.4) is 0 Å². The average Bonchev–Trinajstić information content (AvgIpc) is 2.72. The number of hydrogen-bond donors (Lipinski definition) is 1. The number of sulfonamides is 1. The second-order valence-electron chi connectivity index (χ2n) is 6.91. The highest BCUT2D eigenvalue weighted by molar-refractivity contribution is 7.92. The van der Waals surface area contributed by atoms with Crippen molar-refractivity contribution in [1.82, 2.24) is 0 Å². The number of benzene rings is 3. The number of nitrogens with zero attached hydrogens (tertiary/aromatic N) is 1. The Balaban J connectivity index is 1.96. The van der Waals surface area contributed by atoms with E-state index in [0.717, 1.165) is 15.4 Å². The summed E-state index contributed by atoms with van der Waals surface area (Å²) in [4.78, 5) is 12.9. The van der Waals surface area contributed by atoms with Crippen molar-refractivity contribution in [3.05, 3.63) is 83.9 Å². The molecule has 0 heterocycles. The van der Waals surface area contributed by atoms with E-state index in [1.165, 1.54) is 7.11 Å². The Labute approximate surface area is 177 Å². The van der Waals surface area contributed by atoms with Crippen LogP contribution in [0.5, 0.6) is 5.75 Å². The standard InChI is InChI=1S/C23H24N2O4S/c1-17-11-13-20(14-12-17)30(27,28)25(19-8-6-7-18(2)15-19)16-23(26)24-21-9-4-5-10-22(21)29-3/h4-15H,16H2,1-3H3,(H,24,26). The van der Waals surface area contributed by atoms with Gasteiger partial charge in [0, 0.05) is 0 Å². The summed E-state index contributed by atoms with van der Waals surface area (Å²) in [5, 5.41) is 2.74. The largest absolute Gasteiger partial charge is 0.495 e. The van der Waals surface area contributed by atoms with E-state index in [9.17, 15) is 13.2 Å². The lowest BCUT2D eigenvalue weighted by atomic mass is 10.2. The Morgan fingerprint density at radius 3 is 2.30 bits per heavy atom. The number of anilines is 2. The second kappa shape index (κ2) is 9.00. The number of carbonyl (C=O) groups is 1.